The van der Waals surface area contributed by atoms with Gasteiger partial charge < -0.3 is 19.7 Å². The van der Waals surface area contributed by atoms with Gasteiger partial charge in [0.2, 0.25) is 0 Å². The first kappa shape index (κ1) is 24.6. The van der Waals surface area contributed by atoms with Crippen molar-refractivity contribution in [2.45, 2.75) is 71.1 Å². The van der Waals surface area contributed by atoms with Gasteiger partial charge in [0.25, 0.3) is 0 Å². The van der Waals surface area contributed by atoms with Crippen molar-refractivity contribution in [3.8, 4) is 0 Å². The number of rotatable bonds is 18. The Labute approximate surface area is 157 Å². The zero-order valence-corrected chi connectivity index (χ0v) is 16.2. The zero-order valence-electron chi connectivity index (χ0n) is 16.2. The molecule has 1 unspecified atom stereocenters. The molecule has 0 bridgehead atoms. The van der Waals surface area contributed by atoms with Gasteiger partial charge in [-0.2, -0.15) is 0 Å². The number of carbonyl (C=O) groups excluding carboxylic acids is 1. The van der Waals surface area contributed by atoms with Gasteiger partial charge in [0.05, 0.1) is 32.2 Å². The predicted octanol–water partition coefficient (Wildman–Crippen LogP) is 3.72. The summed E-state index contributed by atoms with van der Waals surface area (Å²) in [7, 11) is 0. The third kappa shape index (κ3) is 16.1. The summed E-state index contributed by atoms with van der Waals surface area (Å²) < 4.78 is 9.91. The van der Waals surface area contributed by atoms with Crippen molar-refractivity contribution >= 4 is 11.9 Å². The van der Waals surface area contributed by atoms with E-state index in [9.17, 15) is 14.7 Å². The van der Waals surface area contributed by atoms with Crippen LogP contribution in [0, 0.1) is 5.92 Å². The molecule has 0 heterocycles. The van der Waals surface area contributed by atoms with E-state index in [0.29, 0.717) is 6.42 Å². The summed E-state index contributed by atoms with van der Waals surface area (Å²) in [4.78, 5) is 22.9. The second-order valence-electron chi connectivity index (χ2n) is 6.41. The fourth-order valence-corrected chi connectivity index (χ4v) is 2.51. The third-order valence-corrected chi connectivity index (χ3v) is 4.05. The number of aliphatic carboxylic acids is 1. The van der Waals surface area contributed by atoms with Gasteiger partial charge in [0.15, 0.2) is 0 Å². The largest absolute Gasteiger partial charge is 0.481 e. The molecule has 0 aliphatic carbocycles. The van der Waals surface area contributed by atoms with Crippen LogP contribution >= 0.6 is 0 Å². The van der Waals surface area contributed by atoms with Gasteiger partial charge in [-0.15, -0.1) is 0 Å². The van der Waals surface area contributed by atoms with E-state index in [2.05, 4.69) is 6.92 Å². The monoisotopic (exact) mass is 372 g/mol. The number of esters is 1. The average Bonchev–Trinajstić information content (AvgIpc) is 2.62. The lowest BCUT2D eigenvalue weighted by Crippen LogP contribution is -2.20. The Morgan fingerprint density at radius 1 is 0.962 bits per heavy atom. The molecule has 0 rings (SSSR count). The third-order valence-electron chi connectivity index (χ3n) is 4.05. The fraction of sp³-hybridized carbons (Fsp3) is 0.800. The number of allylic oxidation sites excluding steroid dienone is 2. The number of hydrogen-bond donors (Lipinski definition) is 2. The minimum Gasteiger partial charge on any atom is -0.481 e. The normalized spacial score (nSPS) is 12.4. The molecule has 1 atom stereocenters. The Kier molecular flexibility index (Phi) is 17.4. The van der Waals surface area contributed by atoms with Crippen molar-refractivity contribution < 1.29 is 29.3 Å². The number of hydrogen-bond acceptors (Lipinski definition) is 5. The van der Waals surface area contributed by atoms with Gasteiger partial charge in [-0.3, -0.25) is 9.59 Å². The van der Waals surface area contributed by atoms with E-state index in [1.165, 1.54) is 38.5 Å². The molecule has 0 saturated carbocycles. The minimum absolute atomic E-state index is 0.0687. The maximum atomic E-state index is 11.7. The van der Waals surface area contributed by atoms with Gasteiger partial charge in [0, 0.05) is 0 Å². The lowest BCUT2D eigenvalue weighted by atomic mass is 10.0. The summed E-state index contributed by atoms with van der Waals surface area (Å²) in [6.07, 6.45) is 13.8. The van der Waals surface area contributed by atoms with Gasteiger partial charge in [-0.25, -0.2) is 0 Å². The molecule has 0 amide bonds. The Morgan fingerprint density at radius 3 is 2.31 bits per heavy atom. The van der Waals surface area contributed by atoms with Gasteiger partial charge >= 0.3 is 11.9 Å². The molecule has 152 valence electrons. The van der Waals surface area contributed by atoms with Crippen LogP contribution in [0.5, 0.6) is 0 Å². The number of aliphatic hydroxyl groups is 1. The van der Waals surface area contributed by atoms with Crippen molar-refractivity contribution in [1.29, 1.82) is 0 Å². The summed E-state index contributed by atoms with van der Waals surface area (Å²) in [5, 5.41) is 17.8. The molecule has 0 radical (unpaired) electrons. The molecule has 0 aliphatic heterocycles. The highest BCUT2D eigenvalue weighted by Gasteiger charge is 2.20. The van der Waals surface area contributed by atoms with Crippen LogP contribution in [0.4, 0.5) is 0 Å². The van der Waals surface area contributed by atoms with Crippen LogP contribution in [0.25, 0.3) is 0 Å². The molecule has 6 heteroatoms. The predicted molar refractivity (Wildman–Crippen MR) is 101 cm³/mol. The maximum absolute atomic E-state index is 11.7. The van der Waals surface area contributed by atoms with Crippen molar-refractivity contribution in [3.63, 3.8) is 0 Å². The lowest BCUT2D eigenvalue weighted by Gasteiger charge is -2.10. The van der Waals surface area contributed by atoms with Crippen LogP contribution < -0.4 is 0 Å². The summed E-state index contributed by atoms with van der Waals surface area (Å²) in [6.45, 7) is 2.59. The molecular formula is C20H36O6. The van der Waals surface area contributed by atoms with E-state index >= 15 is 0 Å². The standard InChI is InChI=1S/C20H36O6/c1-2-3-4-5-6-7-8-9-10-11-12-18(20(23)24)17-19(22)26-16-15-25-14-13-21/h10-11,18,21H,2-9,12-17H2,1H3,(H,23,24). The summed E-state index contributed by atoms with van der Waals surface area (Å²) in [5.74, 6) is -2.28. The summed E-state index contributed by atoms with van der Waals surface area (Å²) in [5.41, 5.74) is 0. The first-order valence-electron chi connectivity index (χ1n) is 9.83. The zero-order chi connectivity index (χ0) is 19.5. The lowest BCUT2D eigenvalue weighted by molar-refractivity contribution is -0.152. The van der Waals surface area contributed by atoms with Crippen molar-refractivity contribution in [1.82, 2.24) is 0 Å². The molecule has 2 N–H and O–H groups in total. The van der Waals surface area contributed by atoms with Crippen LogP contribution in [0.15, 0.2) is 12.2 Å². The fourth-order valence-electron chi connectivity index (χ4n) is 2.51. The van der Waals surface area contributed by atoms with Crippen molar-refractivity contribution in [2.75, 3.05) is 26.4 Å². The van der Waals surface area contributed by atoms with E-state index in [1.807, 2.05) is 12.2 Å². The Hall–Kier alpha value is -1.40. The molecule has 0 aliphatic rings. The summed E-state index contributed by atoms with van der Waals surface area (Å²) >= 11 is 0. The van der Waals surface area contributed by atoms with Gasteiger partial charge in [-0.1, -0.05) is 57.6 Å². The molecule has 26 heavy (non-hydrogen) atoms. The molecule has 0 saturated heterocycles. The quantitative estimate of drug-likeness (QED) is 0.216. The molecule has 0 aromatic rings. The molecule has 0 aromatic carbocycles. The van der Waals surface area contributed by atoms with E-state index < -0.39 is 17.9 Å². The van der Waals surface area contributed by atoms with Gasteiger partial charge in [-0.05, 0) is 19.3 Å². The average molecular weight is 373 g/mol. The maximum Gasteiger partial charge on any atom is 0.307 e. The number of carboxylic acids is 1. The smallest absolute Gasteiger partial charge is 0.307 e. The van der Waals surface area contributed by atoms with E-state index in [0.717, 1.165) is 12.8 Å². The highest BCUT2D eigenvalue weighted by atomic mass is 16.6. The first-order chi connectivity index (χ1) is 12.6. The van der Waals surface area contributed by atoms with Crippen LogP contribution in [0.1, 0.15) is 71.1 Å². The van der Waals surface area contributed by atoms with Crippen LogP contribution in [0.2, 0.25) is 0 Å². The molecule has 0 spiro atoms. The van der Waals surface area contributed by atoms with E-state index in [4.69, 9.17) is 14.6 Å². The minimum atomic E-state index is -0.987. The van der Waals surface area contributed by atoms with Crippen molar-refractivity contribution in [2.24, 2.45) is 5.92 Å². The van der Waals surface area contributed by atoms with Crippen molar-refractivity contribution in [3.05, 3.63) is 12.2 Å². The van der Waals surface area contributed by atoms with Crippen LogP contribution in [-0.4, -0.2) is 48.6 Å². The van der Waals surface area contributed by atoms with E-state index in [1.54, 1.807) is 0 Å². The number of unbranched alkanes of at least 4 members (excludes halogenated alkanes) is 7. The molecular weight excluding hydrogens is 336 g/mol. The highest BCUT2D eigenvalue weighted by molar-refractivity contribution is 5.78. The second-order valence-corrected chi connectivity index (χ2v) is 6.41. The summed E-state index contributed by atoms with van der Waals surface area (Å²) in [6, 6.07) is 0. The molecule has 6 nitrogen and oxygen atoms in total. The van der Waals surface area contributed by atoms with E-state index in [-0.39, 0.29) is 32.8 Å². The molecule has 0 aromatic heterocycles. The number of aliphatic hydroxyl groups excluding tert-OH is 1. The second kappa shape index (κ2) is 18.4. The van der Waals surface area contributed by atoms with Gasteiger partial charge in [0.1, 0.15) is 6.61 Å². The number of ether oxygens (including phenoxy) is 2. The first-order valence-corrected chi connectivity index (χ1v) is 9.83. The number of carbonyl (C=O) groups is 2. The highest BCUT2D eigenvalue weighted by Crippen LogP contribution is 2.13. The topological polar surface area (TPSA) is 93.1 Å². The number of carboxylic acid groups (broad SMARTS) is 1. The van der Waals surface area contributed by atoms with Crippen LogP contribution in [0.3, 0.4) is 0 Å². The van der Waals surface area contributed by atoms with Crippen LogP contribution in [-0.2, 0) is 19.1 Å². The SMILES string of the molecule is CCCCCCCCCC=CCC(CC(=O)OCCOCCO)C(=O)O. The Balaban J connectivity index is 3.80. The molecule has 0 fully saturated rings. The Bertz CT molecular complexity index is 380. The Morgan fingerprint density at radius 2 is 1.65 bits per heavy atom.